The number of carbonyl (C=O) groups excluding carboxylic acids is 1. The number of nitrogens with zero attached hydrogens (tertiary/aromatic N) is 2. The number of aliphatic imine (C=N–C) groups is 1. The molecule has 0 bridgehead atoms. The van der Waals surface area contributed by atoms with Crippen molar-refractivity contribution in [3.63, 3.8) is 0 Å². The van der Waals surface area contributed by atoms with Gasteiger partial charge in [-0.25, -0.2) is 4.79 Å². The molecule has 0 atom stereocenters. The normalized spacial score (nSPS) is 9.29. The molecular weight excluding hydrogens is 252 g/mol. The fourth-order valence-corrected chi connectivity index (χ4v) is 1.38. The van der Waals surface area contributed by atoms with Gasteiger partial charge < -0.3 is 0 Å². The van der Waals surface area contributed by atoms with Crippen LogP contribution in [0.3, 0.4) is 0 Å². The highest BCUT2D eigenvalue weighted by Crippen LogP contribution is 2.36. The minimum absolute atomic E-state index is 0.00463. The highest BCUT2D eigenvalue weighted by Gasteiger charge is 2.17. The van der Waals surface area contributed by atoms with Gasteiger partial charge in [0.25, 0.3) is 5.69 Å². The third-order valence-electron chi connectivity index (χ3n) is 1.64. The highest BCUT2D eigenvalue weighted by atomic mass is 79.9. The Labute approximate surface area is 87.7 Å². The van der Waals surface area contributed by atoms with E-state index < -0.39 is 4.92 Å². The van der Waals surface area contributed by atoms with Gasteiger partial charge in [0.05, 0.1) is 9.40 Å². The maximum atomic E-state index is 10.6. The molecule has 0 aromatic heterocycles. The van der Waals surface area contributed by atoms with Gasteiger partial charge in [-0.2, -0.15) is 4.99 Å². The van der Waals surface area contributed by atoms with Gasteiger partial charge in [0.1, 0.15) is 0 Å². The summed E-state index contributed by atoms with van der Waals surface area (Å²) in [6, 6.07) is 2.88. The predicted molar refractivity (Wildman–Crippen MR) is 53.3 cm³/mol. The zero-order valence-electron chi connectivity index (χ0n) is 7.15. The molecule has 0 unspecified atom stereocenters. The van der Waals surface area contributed by atoms with Gasteiger partial charge in [0.15, 0.2) is 5.69 Å². The van der Waals surface area contributed by atoms with E-state index in [0.717, 1.165) is 5.56 Å². The quantitative estimate of drug-likeness (QED) is 0.354. The van der Waals surface area contributed by atoms with E-state index in [4.69, 9.17) is 0 Å². The van der Waals surface area contributed by atoms with Gasteiger partial charge in [-0.15, -0.1) is 0 Å². The van der Waals surface area contributed by atoms with Crippen molar-refractivity contribution in [3.8, 4) is 0 Å². The lowest BCUT2D eigenvalue weighted by Gasteiger charge is -2.01. The van der Waals surface area contributed by atoms with Crippen molar-refractivity contribution in [1.82, 2.24) is 0 Å². The van der Waals surface area contributed by atoms with Crippen molar-refractivity contribution in [2.45, 2.75) is 6.92 Å². The monoisotopic (exact) mass is 256 g/mol. The molecule has 0 amide bonds. The van der Waals surface area contributed by atoms with Crippen LogP contribution in [0, 0.1) is 17.0 Å². The maximum absolute atomic E-state index is 10.6. The molecule has 0 fully saturated rings. The lowest BCUT2D eigenvalue weighted by molar-refractivity contribution is -0.384. The summed E-state index contributed by atoms with van der Waals surface area (Å²) in [4.78, 5) is 23.3. The smallest absolute Gasteiger partial charge is 0.258 e. The van der Waals surface area contributed by atoms with Crippen LogP contribution in [0.25, 0.3) is 0 Å². The zero-order chi connectivity index (χ0) is 10.7. The van der Waals surface area contributed by atoms with E-state index in [2.05, 4.69) is 20.9 Å². The molecule has 0 N–H and O–H groups in total. The van der Waals surface area contributed by atoms with Crippen molar-refractivity contribution < 1.29 is 9.72 Å². The second-order valence-corrected chi connectivity index (χ2v) is 3.32. The summed E-state index contributed by atoms with van der Waals surface area (Å²) in [7, 11) is 0. The van der Waals surface area contributed by atoms with E-state index >= 15 is 0 Å². The Bertz CT molecular complexity index is 438. The summed E-state index contributed by atoms with van der Waals surface area (Å²) in [5.74, 6) is 0. The van der Waals surface area contributed by atoms with E-state index in [1.807, 2.05) is 0 Å². The average Bonchev–Trinajstić information content (AvgIpc) is 2.13. The van der Waals surface area contributed by atoms with Crippen LogP contribution in [-0.2, 0) is 4.79 Å². The molecular formula is C8H5BrN2O3. The maximum Gasteiger partial charge on any atom is 0.296 e. The molecule has 0 aliphatic carbocycles. The lowest BCUT2D eigenvalue weighted by atomic mass is 10.2. The molecule has 0 radical (unpaired) electrons. The summed E-state index contributed by atoms with van der Waals surface area (Å²) in [5.41, 5.74) is 0.556. The molecule has 0 aliphatic heterocycles. The minimum Gasteiger partial charge on any atom is -0.258 e. The highest BCUT2D eigenvalue weighted by molar-refractivity contribution is 9.10. The third kappa shape index (κ3) is 1.86. The average molecular weight is 257 g/mol. The first-order valence-electron chi connectivity index (χ1n) is 3.59. The Balaban J connectivity index is 3.52. The van der Waals surface area contributed by atoms with Gasteiger partial charge in [0.2, 0.25) is 6.08 Å². The summed E-state index contributed by atoms with van der Waals surface area (Å²) in [6.07, 6.45) is 1.29. The fraction of sp³-hybridized carbons (Fsp3) is 0.125. The first kappa shape index (κ1) is 10.6. The van der Waals surface area contributed by atoms with Gasteiger partial charge >= 0.3 is 0 Å². The van der Waals surface area contributed by atoms with Crippen molar-refractivity contribution in [1.29, 1.82) is 0 Å². The van der Waals surface area contributed by atoms with Crippen LogP contribution >= 0.6 is 15.9 Å². The first-order chi connectivity index (χ1) is 6.57. The lowest BCUT2D eigenvalue weighted by Crippen LogP contribution is -1.90. The van der Waals surface area contributed by atoms with Crippen LogP contribution in [0.1, 0.15) is 5.56 Å². The van der Waals surface area contributed by atoms with Crippen LogP contribution in [0.2, 0.25) is 0 Å². The largest absolute Gasteiger partial charge is 0.296 e. The number of rotatable bonds is 2. The Hall–Kier alpha value is -1.52. The number of aryl methyl sites for hydroxylation is 1. The molecule has 5 nitrogen and oxygen atoms in total. The molecule has 1 aromatic carbocycles. The number of hydrogen-bond acceptors (Lipinski definition) is 4. The molecule has 6 heteroatoms. The zero-order valence-corrected chi connectivity index (χ0v) is 8.74. The van der Waals surface area contributed by atoms with Crippen molar-refractivity contribution in [3.05, 3.63) is 32.3 Å². The molecule has 1 aromatic rings. The van der Waals surface area contributed by atoms with Crippen LogP contribution in [0.15, 0.2) is 21.6 Å². The Morgan fingerprint density at radius 3 is 2.71 bits per heavy atom. The van der Waals surface area contributed by atoms with E-state index in [1.54, 1.807) is 13.0 Å². The van der Waals surface area contributed by atoms with E-state index in [1.165, 1.54) is 12.1 Å². The second-order valence-electron chi connectivity index (χ2n) is 2.52. The van der Waals surface area contributed by atoms with Gasteiger partial charge in [-0.1, -0.05) is 6.07 Å². The van der Waals surface area contributed by atoms with E-state index in [9.17, 15) is 14.9 Å². The Morgan fingerprint density at radius 1 is 1.57 bits per heavy atom. The third-order valence-corrected chi connectivity index (χ3v) is 2.64. The van der Waals surface area contributed by atoms with Crippen molar-refractivity contribution in [2.75, 3.05) is 0 Å². The Morgan fingerprint density at radius 2 is 2.21 bits per heavy atom. The first-order valence-corrected chi connectivity index (χ1v) is 4.38. The van der Waals surface area contributed by atoms with Crippen LogP contribution in [0.4, 0.5) is 11.4 Å². The fourth-order valence-electron chi connectivity index (χ4n) is 0.955. The minimum atomic E-state index is -0.597. The predicted octanol–water partition coefficient (Wildman–Crippen LogP) is 2.63. The van der Waals surface area contributed by atoms with Crippen molar-refractivity contribution >= 4 is 33.4 Å². The number of nitro benzene ring substituents is 1. The topological polar surface area (TPSA) is 72.6 Å². The summed E-state index contributed by atoms with van der Waals surface area (Å²) in [5, 5.41) is 10.6. The SMILES string of the molecule is Cc1ccc([N+](=O)[O-])c(N=C=O)c1Br. The van der Waals surface area contributed by atoms with Gasteiger partial charge in [0, 0.05) is 6.07 Å². The molecule has 1 rings (SSSR count). The summed E-state index contributed by atoms with van der Waals surface area (Å²) >= 11 is 3.12. The number of benzene rings is 1. The van der Waals surface area contributed by atoms with Gasteiger partial charge in [-0.05, 0) is 28.4 Å². The van der Waals surface area contributed by atoms with Crippen molar-refractivity contribution in [2.24, 2.45) is 4.99 Å². The summed E-state index contributed by atoms with van der Waals surface area (Å²) in [6.45, 7) is 1.75. The Kier molecular flexibility index (Phi) is 3.11. The van der Waals surface area contributed by atoms with E-state index in [-0.39, 0.29) is 11.4 Å². The summed E-state index contributed by atoms with van der Waals surface area (Å²) < 4.78 is 0.440. The van der Waals surface area contributed by atoms with Crippen LogP contribution < -0.4 is 0 Å². The number of isocyanates is 1. The number of halogens is 1. The van der Waals surface area contributed by atoms with Crippen LogP contribution in [0.5, 0.6) is 0 Å². The molecule has 72 valence electrons. The molecule has 0 spiro atoms. The standard InChI is InChI=1S/C8H5BrN2O3/c1-5-2-3-6(11(13)14)8(7(5)9)10-4-12/h2-3H,1H3. The molecule has 0 heterocycles. The van der Waals surface area contributed by atoms with Gasteiger partial charge in [-0.3, -0.25) is 10.1 Å². The molecule has 14 heavy (non-hydrogen) atoms. The van der Waals surface area contributed by atoms with E-state index in [0.29, 0.717) is 4.47 Å². The van der Waals surface area contributed by atoms with Crippen LogP contribution in [-0.4, -0.2) is 11.0 Å². The molecule has 0 saturated heterocycles. The second kappa shape index (κ2) is 4.13. The molecule has 0 saturated carbocycles. The molecule has 0 aliphatic rings. The number of nitro groups is 1. The number of hydrogen-bond donors (Lipinski definition) is 0.